The molecule has 1 atom stereocenters. The molecule has 1 spiro atoms. The van der Waals surface area contributed by atoms with Crippen LogP contribution in [-0.4, -0.2) is 60.7 Å². The predicted molar refractivity (Wildman–Crippen MR) is 96.4 cm³/mol. The molecule has 3 heterocycles. The Kier molecular flexibility index (Phi) is 4.26. The third-order valence-corrected chi connectivity index (χ3v) is 5.84. The first-order chi connectivity index (χ1) is 12.5. The summed E-state index contributed by atoms with van der Waals surface area (Å²) in [6.45, 7) is 1.97. The summed E-state index contributed by atoms with van der Waals surface area (Å²) in [5.41, 5.74) is 0.217. The van der Waals surface area contributed by atoms with Crippen molar-refractivity contribution in [1.82, 2.24) is 14.9 Å². The van der Waals surface area contributed by atoms with E-state index in [0.29, 0.717) is 36.4 Å². The van der Waals surface area contributed by atoms with Crippen molar-refractivity contribution in [2.45, 2.75) is 25.4 Å². The average molecular weight is 358 g/mol. The number of ether oxygens (including phenoxy) is 1. The summed E-state index contributed by atoms with van der Waals surface area (Å²) < 4.78 is 19.9. The van der Waals surface area contributed by atoms with E-state index in [4.69, 9.17) is 4.74 Å². The fraction of sp³-hybridized carbons (Fsp3) is 0.526. The zero-order valence-electron chi connectivity index (χ0n) is 15.1. The number of halogens is 1. The lowest BCUT2D eigenvalue weighted by Crippen LogP contribution is -2.56. The Morgan fingerprint density at radius 3 is 2.77 bits per heavy atom. The Labute approximate surface area is 152 Å². The monoisotopic (exact) mass is 358 g/mol. The summed E-state index contributed by atoms with van der Waals surface area (Å²) in [5, 5.41) is 0.452. The summed E-state index contributed by atoms with van der Waals surface area (Å²) in [6, 6.07) is 4.88. The molecule has 2 aromatic rings. The van der Waals surface area contributed by atoms with Crippen LogP contribution in [0.2, 0.25) is 0 Å². The summed E-state index contributed by atoms with van der Waals surface area (Å²) >= 11 is 0. The third-order valence-electron chi connectivity index (χ3n) is 5.84. The van der Waals surface area contributed by atoms with E-state index < -0.39 is 0 Å². The van der Waals surface area contributed by atoms with Gasteiger partial charge in [-0.05, 0) is 31.4 Å². The fourth-order valence-electron chi connectivity index (χ4n) is 4.40. The molecule has 1 aromatic carbocycles. The van der Waals surface area contributed by atoms with Gasteiger partial charge in [-0.2, -0.15) is 0 Å². The van der Waals surface area contributed by atoms with E-state index in [-0.39, 0.29) is 23.2 Å². The number of methoxy groups -OCH3 is 1. The number of fused-ring (bicyclic) bond motifs is 1. The third kappa shape index (κ3) is 2.70. The first-order valence-corrected chi connectivity index (χ1v) is 8.96. The van der Waals surface area contributed by atoms with E-state index >= 15 is 0 Å². The maximum absolute atomic E-state index is 14.4. The van der Waals surface area contributed by atoms with Crippen molar-refractivity contribution in [2.24, 2.45) is 5.41 Å². The highest BCUT2D eigenvalue weighted by Gasteiger charge is 2.48. The van der Waals surface area contributed by atoms with Crippen molar-refractivity contribution in [3.8, 4) is 0 Å². The zero-order chi connectivity index (χ0) is 18.3. The van der Waals surface area contributed by atoms with Gasteiger partial charge in [-0.1, -0.05) is 6.07 Å². The van der Waals surface area contributed by atoms with Crippen LogP contribution in [0.15, 0.2) is 24.5 Å². The molecule has 0 radical (unpaired) electrons. The van der Waals surface area contributed by atoms with E-state index in [0.717, 1.165) is 19.3 Å². The number of aromatic nitrogens is 2. The quantitative estimate of drug-likeness (QED) is 0.824. The van der Waals surface area contributed by atoms with E-state index in [9.17, 15) is 9.18 Å². The summed E-state index contributed by atoms with van der Waals surface area (Å²) in [4.78, 5) is 25.2. The molecule has 4 rings (SSSR count). The Bertz CT molecular complexity index is 830. The van der Waals surface area contributed by atoms with Crippen LogP contribution < -0.4 is 4.90 Å². The van der Waals surface area contributed by atoms with E-state index in [1.54, 1.807) is 24.1 Å². The lowest BCUT2D eigenvalue weighted by atomic mass is 9.71. The number of benzene rings is 1. The standard InChI is InChI=1S/C19H23FN4O2/c1-23-11-13(26-2)10-19(18(23)25)6-8-24(9-7-19)17-16-14(20)4-3-5-15(16)21-12-22-17/h3-5,12-13H,6-11H2,1-2H3. The molecule has 1 unspecified atom stereocenters. The van der Waals surface area contributed by atoms with Gasteiger partial charge in [0.05, 0.1) is 22.4 Å². The molecule has 2 saturated heterocycles. The molecule has 2 aliphatic rings. The maximum Gasteiger partial charge on any atom is 0.228 e. The highest BCUT2D eigenvalue weighted by atomic mass is 19.1. The number of hydrogen-bond donors (Lipinski definition) is 0. The van der Waals surface area contributed by atoms with Crippen LogP contribution >= 0.6 is 0 Å². The summed E-state index contributed by atoms with van der Waals surface area (Å²) in [7, 11) is 3.54. The molecule has 0 aliphatic carbocycles. The maximum atomic E-state index is 14.4. The van der Waals surface area contributed by atoms with Crippen molar-refractivity contribution >= 4 is 22.6 Å². The van der Waals surface area contributed by atoms with E-state index in [1.165, 1.54) is 12.4 Å². The van der Waals surface area contributed by atoms with Crippen molar-refractivity contribution in [1.29, 1.82) is 0 Å². The predicted octanol–water partition coefficient (Wildman–Crippen LogP) is 2.23. The van der Waals surface area contributed by atoms with Crippen molar-refractivity contribution < 1.29 is 13.9 Å². The molecule has 6 nitrogen and oxygen atoms in total. The number of amides is 1. The number of hydrogen-bond acceptors (Lipinski definition) is 5. The second-order valence-corrected chi connectivity index (χ2v) is 7.35. The zero-order valence-corrected chi connectivity index (χ0v) is 15.1. The minimum atomic E-state index is -0.383. The van der Waals surface area contributed by atoms with Crippen LogP contribution in [0.5, 0.6) is 0 Å². The molecule has 0 N–H and O–H groups in total. The average Bonchev–Trinajstić information content (AvgIpc) is 2.66. The number of anilines is 1. The van der Waals surface area contributed by atoms with Gasteiger partial charge < -0.3 is 14.5 Å². The normalized spacial score (nSPS) is 23.0. The van der Waals surface area contributed by atoms with Crippen LogP contribution in [-0.2, 0) is 9.53 Å². The first kappa shape index (κ1) is 17.1. The molecule has 2 fully saturated rings. The molecule has 1 aromatic heterocycles. The van der Waals surface area contributed by atoms with E-state index in [1.807, 2.05) is 7.05 Å². The number of carbonyl (C=O) groups is 1. The number of likely N-dealkylation sites (tertiary alicyclic amines) is 1. The van der Waals surface area contributed by atoms with Crippen LogP contribution in [0.3, 0.4) is 0 Å². The lowest BCUT2D eigenvalue weighted by Gasteiger charge is -2.47. The topological polar surface area (TPSA) is 58.6 Å². The van der Waals surface area contributed by atoms with Crippen molar-refractivity contribution in [3.05, 3.63) is 30.3 Å². The number of likely N-dealkylation sites (N-methyl/N-ethyl adjacent to an activating group) is 1. The second-order valence-electron chi connectivity index (χ2n) is 7.35. The largest absolute Gasteiger partial charge is 0.380 e. The minimum absolute atomic E-state index is 0.0709. The van der Waals surface area contributed by atoms with Gasteiger partial charge in [0.25, 0.3) is 0 Å². The number of rotatable bonds is 2. The van der Waals surface area contributed by atoms with Gasteiger partial charge in [0.2, 0.25) is 5.91 Å². The van der Waals surface area contributed by atoms with Crippen LogP contribution in [0.1, 0.15) is 19.3 Å². The smallest absolute Gasteiger partial charge is 0.228 e. The van der Waals surface area contributed by atoms with Crippen LogP contribution in [0.4, 0.5) is 10.2 Å². The number of piperidine rings is 2. The van der Waals surface area contributed by atoms with Gasteiger partial charge in [-0.15, -0.1) is 0 Å². The van der Waals surface area contributed by atoms with Gasteiger partial charge in [-0.25, -0.2) is 14.4 Å². The Morgan fingerprint density at radius 2 is 2.04 bits per heavy atom. The first-order valence-electron chi connectivity index (χ1n) is 8.96. The molecule has 26 heavy (non-hydrogen) atoms. The minimum Gasteiger partial charge on any atom is -0.380 e. The molecule has 7 heteroatoms. The molecular weight excluding hydrogens is 335 g/mol. The van der Waals surface area contributed by atoms with Gasteiger partial charge in [0, 0.05) is 33.8 Å². The van der Waals surface area contributed by atoms with Crippen molar-refractivity contribution in [3.63, 3.8) is 0 Å². The van der Waals surface area contributed by atoms with Gasteiger partial charge in [0.15, 0.2) is 0 Å². The van der Waals surface area contributed by atoms with Crippen LogP contribution in [0, 0.1) is 11.2 Å². The van der Waals surface area contributed by atoms with Crippen molar-refractivity contribution in [2.75, 3.05) is 38.7 Å². The Hall–Kier alpha value is -2.28. The van der Waals surface area contributed by atoms with Crippen LogP contribution in [0.25, 0.3) is 10.9 Å². The molecular formula is C19H23FN4O2. The molecule has 0 bridgehead atoms. The highest BCUT2D eigenvalue weighted by molar-refractivity contribution is 5.90. The van der Waals surface area contributed by atoms with Gasteiger partial charge in [0.1, 0.15) is 18.0 Å². The highest BCUT2D eigenvalue weighted by Crippen LogP contribution is 2.42. The second kappa shape index (κ2) is 6.46. The number of carbonyl (C=O) groups excluding carboxylic acids is 1. The molecule has 0 saturated carbocycles. The summed E-state index contributed by atoms with van der Waals surface area (Å²) in [5.74, 6) is 0.498. The summed E-state index contributed by atoms with van der Waals surface area (Å²) in [6.07, 6.45) is 3.73. The Balaban J connectivity index is 1.60. The number of nitrogens with zero attached hydrogens (tertiary/aromatic N) is 4. The molecule has 138 valence electrons. The molecule has 1 amide bonds. The fourth-order valence-corrected chi connectivity index (χ4v) is 4.40. The van der Waals surface area contributed by atoms with E-state index in [2.05, 4.69) is 14.9 Å². The molecule has 2 aliphatic heterocycles. The van der Waals surface area contributed by atoms with Gasteiger partial charge >= 0.3 is 0 Å². The van der Waals surface area contributed by atoms with Gasteiger partial charge in [-0.3, -0.25) is 4.79 Å². The Morgan fingerprint density at radius 1 is 1.27 bits per heavy atom. The SMILES string of the molecule is COC1CN(C)C(=O)C2(CCN(c3ncnc4cccc(F)c34)CC2)C1. The lowest BCUT2D eigenvalue weighted by molar-refractivity contribution is -0.153.